The van der Waals surface area contributed by atoms with Crippen LogP contribution in [0.15, 0.2) is 35.7 Å². The van der Waals surface area contributed by atoms with E-state index < -0.39 is 6.61 Å². The lowest BCUT2D eigenvalue weighted by molar-refractivity contribution is -0.0498. The molecule has 0 fully saturated rings. The minimum absolute atomic E-state index is 0.0991. The number of H-pyrrole nitrogens is 1. The molecular weight excluding hydrogens is 262 g/mol. The average Bonchev–Trinajstić information content (AvgIpc) is 2.73. The fourth-order valence-corrected chi connectivity index (χ4v) is 1.34. The summed E-state index contributed by atoms with van der Waals surface area (Å²) in [7, 11) is 0. The third-order valence-electron chi connectivity index (χ3n) is 1.97. The number of nitrogens with zero attached hydrogens (tertiary/aromatic N) is 3. The zero-order valence-electron chi connectivity index (χ0n) is 8.96. The molecule has 0 amide bonds. The number of ether oxygens (including phenoxy) is 1. The van der Waals surface area contributed by atoms with Gasteiger partial charge >= 0.3 is 6.61 Å². The molecule has 0 bridgehead atoms. The van der Waals surface area contributed by atoms with E-state index in [1.807, 2.05) is 0 Å². The summed E-state index contributed by atoms with van der Waals surface area (Å²) >= 11 is 4.90. The van der Waals surface area contributed by atoms with E-state index in [2.05, 4.69) is 20.0 Å². The Hall–Kier alpha value is -2.09. The third kappa shape index (κ3) is 3.20. The largest absolute Gasteiger partial charge is 0.435 e. The number of aromatic nitrogens is 3. The Morgan fingerprint density at radius 1 is 1.39 bits per heavy atom. The highest BCUT2D eigenvalue weighted by atomic mass is 32.1. The van der Waals surface area contributed by atoms with Crippen molar-refractivity contribution in [3.63, 3.8) is 0 Å². The van der Waals surface area contributed by atoms with Gasteiger partial charge in [0.2, 0.25) is 4.77 Å². The molecule has 0 unspecified atom stereocenters. The molecule has 18 heavy (non-hydrogen) atoms. The fourth-order valence-electron chi connectivity index (χ4n) is 1.19. The number of hydrogen-bond acceptors (Lipinski definition) is 4. The van der Waals surface area contributed by atoms with Crippen molar-refractivity contribution in [1.82, 2.24) is 14.9 Å². The molecule has 0 radical (unpaired) electrons. The van der Waals surface area contributed by atoms with Crippen LogP contribution in [0.3, 0.4) is 0 Å². The molecule has 94 valence electrons. The number of benzene rings is 1. The average molecular weight is 270 g/mol. The Bertz CT molecular complexity index is 590. The summed E-state index contributed by atoms with van der Waals surface area (Å²) in [6.45, 7) is -2.83. The Morgan fingerprint density at radius 3 is 2.67 bits per heavy atom. The molecule has 8 heteroatoms. The van der Waals surface area contributed by atoms with Crippen molar-refractivity contribution < 1.29 is 13.5 Å². The van der Waals surface area contributed by atoms with Crippen molar-refractivity contribution in [3.05, 3.63) is 40.9 Å². The normalized spacial score (nSPS) is 11.3. The predicted molar refractivity (Wildman–Crippen MR) is 63.5 cm³/mol. The number of halogens is 2. The van der Waals surface area contributed by atoms with Gasteiger partial charge in [0.15, 0.2) is 0 Å². The number of alkyl halides is 2. The maximum atomic E-state index is 11.9. The van der Waals surface area contributed by atoms with Gasteiger partial charge in [-0.2, -0.15) is 23.7 Å². The molecule has 2 aromatic rings. The van der Waals surface area contributed by atoms with E-state index in [1.165, 1.54) is 29.4 Å². The predicted octanol–water partition coefficient (Wildman–Crippen LogP) is 2.42. The van der Waals surface area contributed by atoms with Crippen LogP contribution in [0, 0.1) is 4.77 Å². The monoisotopic (exact) mass is 270 g/mol. The van der Waals surface area contributed by atoms with Crippen molar-refractivity contribution in [1.29, 1.82) is 0 Å². The van der Waals surface area contributed by atoms with Crippen molar-refractivity contribution >= 4 is 18.4 Å². The van der Waals surface area contributed by atoms with E-state index in [0.717, 1.165) is 5.56 Å². The highest BCUT2D eigenvalue weighted by molar-refractivity contribution is 7.71. The molecule has 0 aliphatic carbocycles. The molecule has 1 aromatic carbocycles. The van der Waals surface area contributed by atoms with Crippen LogP contribution in [0.2, 0.25) is 0 Å². The SMILES string of the molecule is FC(F)Oc1ccc(C=Nn2cn[nH]c2=S)cc1. The van der Waals surface area contributed by atoms with Gasteiger partial charge in [0.05, 0.1) is 6.21 Å². The molecule has 0 aliphatic heterocycles. The van der Waals surface area contributed by atoms with Gasteiger partial charge in [0, 0.05) is 0 Å². The topological polar surface area (TPSA) is 55.2 Å². The van der Waals surface area contributed by atoms with E-state index in [-0.39, 0.29) is 5.75 Å². The second-order valence-electron chi connectivity index (χ2n) is 3.20. The van der Waals surface area contributed by atoms with E-state index in [0.29, 0.717) is 4.77 Å². The lowest BCUT2D eigenvalue weighted by Gasteiger charge is -2.03. The van der Waals surface area contributed by atoms with Crippen molar-refractivity contribution in [2.45, 2.75) is 6.61 Å². The van der Waals surface area contributed by atoms with Gasteiger partial charge in [0.1, 0.15) is 12.1 Å². The van der Waals surface area contributed by atoms with Crippen LogP contribution < -0.4 is 4.74 Å². The molecule has 5 nitrogen and oxygen atoms in total. The Kier molecular flexibility index (Phi) is 3.78. The Morgan fingerprint density at radius 2 is 2.11 bits per heavy atom. The van der Waals surface area contributed by atoms with Crippen molar-refractivity contribution in [3.8, 4) is 5.75 Å². The Labute approximate surface area is 106 Å². The van der Waals surface area contributed by atoms with Crippen molar-refractivity contribution in [2.24, 2.45) is 5.10 Å². The first-order chi connectivity index (χ1) is 8.65. The highest BCUT2D eigenvalue weighted by Gasteiger charge is 2.02. The van der Waals surface area contributed by atoms with E-state index in [9.17, 15) is 8.78 Å². The molecule has 0 saturated heterocycles. The summed E-state index contributed by atoms with van der Waals surface area (Å²) < 4.78 is 29.8. The number of hydrogen-bond donors (Lipinski definition) is 1. The summed E-state index contributed by atoms with van der Waals surface area (Å²) in [4.78, 5) is 0. The molecule has 0 saturated carbocycles. The molecule has 1 aromatic heterocycles. The van der Waals surface area contributed by atoms with Gasteiger partial charge in [-0.3, -0.25) is 5.10 Å². The van der Waals surface area contributed by atoms with Crippen LogP contribution in [-0.2, 0) is 0 Å². The van der Waals surface area contributed by atoms with Gasteiger partial charge < -0.3 is 4.74 Å². The molecular formula is C10H8F2N4OS. The van der Waals surface area contributed by atoms with Crippen LogP contribution >= 0.6 is 12.2 Å². The minimum Gasteiger partial charge on any atom is -0.435 e. The number of nitrogens with one attached hydrogen (secondary N) is 1. The van der Waals surface area contributed by atoms with Gasteiger partial charge in [-0.1, -0.05) is 0 Å². The van der Waals surface area contributed by atoms with Crippen LogP contribution in [-0.4, -0.2) is 27.7 Å². The minimum atomic E-state index is -2.83. The van der Waals surface area contributed by atoms with Gasteiger partial charge in [-0.25, -0.2) is 0 Å². The molecule has 1 heterocycles. The first-order valence-electron chi connectivity index (χ1n) is 4.86. The van der Waals surface area contributed by atoms with Crippen LogP contribution in [0.4, 0.5) is 8.78 Å². The van der Waals surface area contributed by atoms with E-state index >= 15 is 0 Å². The standard InChI is InChI=1S/C10H8F2N4OS/c11-9(12)17-8-3-1-7(2-4-8)5-14-16-6-13-15-10(16)18/h1-6,9H,(H,15,18). The van der Waals surface area contributed by atoms with E-state index in [1.54, 1.807) is 12.1 Å². The third-order valence-corrected chi connectivity index (χ3v) is 2.25. The molecule has 0 aliphatic rings. The van der Waals surface area contributed by atoms with Gasteiger partial charge in [-0.15, -0.1) is 0 Å². The second kappa shape index (κ2) is 5.50. The Balaban J connectivity index is 2.09. The number of rotatable bonds is 4. The zero-order chi connectivity index (χ0) is 13.0. The summed E-state index contributed by atoms with van der Waals surface area (Å²) in [5.41, 5.74) is 0.722. The van der Waals surface area contributed by atoms with Crippen LogP contribution in [0.1, 0.15) is 5.56 Å². The van der Waals surface area contributed by atoms with Crippen LogP contribution in [0.5, 0.6) is 5.75 Å². The quantitative estimate of drug-likeness (QED) is 0.685. The van der Waals surface area contributed by atoms with Gasteiger partial charge in [-0.05, 0) is 42.0 Å². The first kappa shape index (κ1) is 12.4. The fraction of sp³-hybridized carbons (Fsp3) is 0.100. The van der Waals surface area contributed by atoms with E-state index in [4.69, 9.17) is 12.2 Å². The summed E-state index contributed by atoms with van der Waals surface area (Å²) in [5, 5.41) is 10.3. The molecule has 2 rings (SSSR count). The number of aromatic amines is 1. The molecule has 0 spiro atoms. The summed E-state index contributed by atoms with van der Waals surface area (Å²) in [6.07, 6.45) is 2.95. The van der Waals surface area contributed by atoms with Crippen molar-refractivity contribution in [2.75, 3.05) is 0 Å². The lowest BCUT2D eigenvalue weighted by atomic mass is 10.2. The molecule has 0 atom stereocenters. The summed E-state index contributed by atoms with van der Waals surface area (Å²) in [5.74, 6) is 0.0991. The van der Waals surface area contributed by atoms with Gasteiger partial charge in [0.25, 0.3) is 0 Å². The summed E-state index contributed by atoms with van der Waals surface area (Å²) in [6, 6.07) is 6.07. The zero-order valence-corrected chi connectivity index (χ0v) is 9.77. The maximum absolute atomic E-state index is 11.9. The highest BCUT2D eigenvalue weighted by Crippen LogP contribution is 2.13. The lowest BCUT2D eigenvalue weighted by Crippen LogP contribution is -2.01. The first-order valence-corrected chi connectivity index (χ1v) is 5.27. The second-order valence-corrected chi connectivity index (χ2v) is 3.58. The molecule has 1 N–H and O–H groups in total. The van der Waals surface area contributed by atoms with Crippen LogP contribution in [0.25, 0.3) is 0 Å². The maximum Gasteiger partial charge on any atom is 0.387 e. The smallest absolute Gasteiger partial charge is 0.387 e.